The van der Waals surface area contributed by atoms with E-state index in [9.17, 15) is 14.4 Å². The topological polar surface area (TPSA) is 81.5 Å². The molecular formula is C16H15N3O4. The largest absolute Gasteiger partial charge is 0.337 e. The molecule has 2 amide bonds. The van der Waals surface area contributed by atoms with Crippen molar-refractivity contribution in [2.24, 2.45) is 5.92 Å². The van der Waals surface area contributed by atoms with Crippen LogP contribution in [-0.2, 0) is 16.2 Å². The van der Waals surface area contributed by atoms with Gasteiger partial charge in [-0.2, -0.15) is 5.10 Å². The van der Waals surface area contributed by atoms with Gasteiger partial charge in [-0.25, -0.2) is 4.79 Å². The van der Waals surface area contributed by atoms with E-state index in [1.165, 1.54) is 12.1 Å². The second kappa shape index (κ2) is 5.68. The fourth-order valence-corrected chi connectivity index (χ4v) is 2.35. The highest BCUT2D eigenvalue weighted by Crippen LogP contribution is 2.23. The van der Waals surface area contributed by atoms with Crippen LogP contribution in [0.4, 0.5) is 0 Å². The van der Waals surface area contributed by atoms with Crippen molar-refractivity contribution in [2.45, 2.75) is 20.4 Å². The molecule has 0 saturated carbocycles. The summed E-state index contributed by atoms with van der Waals surface area (Å²) in [5.41, 5.74) is 1.31. The Morgan fingerprint density at radius 2 is 1.78 bits per heavy atom. The number of hydrogen-bond donors (Lipinski definition) is 0. The van der Waals surface area contributed by atoms with Gasteiger partial charge in [0.1, 0.15) is 0 Å². The molecule has 0 fully saturated rings. The van der Waals surface area contributed by atoms with Crippen LogP contribution in [0.3, 0.4) is 0 Å². The van der Waals surface area contributed by atoms with Crippen LogP contribution in [-0.4, -0.2) is 32.6 Å². The van der Waals surface area contributed by atoms with Gasteiger partial charge in [0.15, 0.2) is 0 Å². The number of nitrogens with zero attached hydrogens (tertiary/aromatic N) is 3. The zero-order valence-corrected chi connectivity index (χ0v) is 12.7. The first-order valence-corrected chi connectivity index (χ1v) is 7.17. The summed E-state index contributed by atoms with van der Waals surface area (Å²) in [4.78, 5) is 41.4. The van der Waals surface area contributed by atoms with Crippen LogP contribution in [0.5, 0.6) is 0 Å². The summed E-state index contributed by atoms with van der Waals surface area (Å²) < 4.78 is 1.61. The van der Waals surface area contributed by atoms with Crippen molar-refractivity contribution in [3.05, 3.63) is 53.3 Å². The van der Waals surface area contributed by atoms with Gasteiger partial charge in [0.2, 0.25) is 0 Å². The Morgan fingerprint density at radius 3 is 2.30 bits per heavy atom. The SMILES string of the molecule is Cc1ccn(CC(C)C(=O)ON2C(=O)c3ccccc3C2=O)n1. The number of benzene rings is 1. The van der Waals surface area contributed by atoms with E-state index >= 15 is 0 Å². The normalized spacial score (nSPS) is 14.8. The second-order valence-corrected chi connectivity index (χ2v) is 5.44. The third-order valence-corrected chi connectivity index (χ3v) is 3.58. The molecule has 0 spiro atoms. The van der Waals surface area contributed by atoms with E-state index in [-0.39, 0.29) is 11.1 Å². The first-order valence-electron chi connectivity index (χ1n) is 7.17. The van der Waals surface area contributed by atoms with Gasteiger partial charge in [0, 0.05) is 6.20 Å². The lowest BCUT2D eigenvalue weighted by Crippen LogP contribution is -2.35. The van der Waals surface area contributed by atoms with E-state index in [0.29, 0.717) is 11.6 Å². The van der Waals surface area contributed by atoms with Gasteiger partial charge in [-0.3, -0.25) is 14.3 Å². The van der Waals surface area contributed by atoms with Gasteiger partial charge in [0.05, 0.1) is 29.3 Å². The molecule has 7 heteroatoms. The summed E-state index contributed by atoms with van der Waals surface area (Å²) in [5.74, 6) is -2.46. The Labute approximate surface area is 132 Å². The van der Waals surface area contributed by atoms with Crippen molar-refractivity contribution in [1.29, 1.82) is 0 Å². The van der Waals surface area contributed by atoms with Crippen LogP contribution in [0.25, 0.3) is 0 Å². The highest BCUT2D eigenvalue weighted by atomic mass is 16.7. The monoisotopic (exact) mass is 313 g/mol. The van der Waals surface area contributed by atoms with E-state index in [1.807, 2.05) is 13.0 Å². The number of rotatable bonds is 4. The fraction of sp³-hybridized carbons (Fsp3) is 0.250. The van der Waals surface area contributed by atoms with Crippen LogP contribution in [0.15, 0.2) is 36.5 Å². The molecule has 2 aromatic rings. The molecule has 1 aromatic heterocycles. The molecule has 2 heterocycles. The molecular weight excluding hydrogens is 298 g/mol. The first kappa shape index (κ1) is 15.0. The van der Waals surface area contributed by atoms with Gasteiger partial charge < -0.3 is 4.84 Å². The van der Waals surface area contributed by atoms with Crippen LogP contribution < -0.4 is 0 Å². The Balaban J connectivity index is 1.69. The second-order valence-electron chi connectivity index (χ2n) is 5.44. The molecule has 23 heavy (non-hydrogen) atoms. The lowest BCUT2D eigenvalue weighted by Gasteiger charge is -2.16. The number of amides is 2. The van der Waals surface area contributed by atoms with E-state index in [2.05, 4.69) is 5.10 Å². The molecule has 0 N–H and O–H groups in total. The van der Waals surface area contributed by atoms with Gasteiger partial charge in [-0.1, -0.05) is 24.1 Å². The Morgan fingerprint density at radius 1 is 1.17 bits per heavy atom. The maximum atomic E-state index is 12.1. The summed E-state index contributed by atoms with van der Waals surface area (Å²) in [6.07, 6.45) is 1.75. The third-order valence-electron chi connectivity index (χ3n) is 3.58. The summed E-state index contributed by atoms with van der Waals surface area (Å²) in [6.45, 7) is 3.80. The lowest BCUT2D eigenvalue weighted by atomic mass is 10.1. The Bertz CT molecular complexity index is 761. The van der Waals surface area contributed by atoms with Crippen molar-refractivity contribution in [2.75, 3.05) is 0 Å². The zero-order chi connectivity index (χ0) is 16.6. The maximum Gasteiger partial charge on any atom is 0.337 e. The molecule has 7 nitrogen and oxygen atoms in total. The minimum absolute atomic E-state index is 0.237. The van der Waals surface area contributed by atoms with Crippen LogP contribution in [0, 0.1) is 12.8 Å². The van der Waals surface area contributed by atoms with Crippen LogP contribution >= 0.6 is 0 Å². The van der Waals surface area contributed by atoms with Crippen molar-refractivity contribution >= 4 is 17.8 Å². The highest BCUT2D eigenvalue weighted by molar-refractivity contribution is 6.20. The molecule has 0 aliphatic carbocycles. The molecule has 1 aromatic carbocycles. The standard InChI is InChI=1S/C16H15N3O4/c1-10(9-18-8-7-11(2)17-18)16(22)23-19-14(20)12-5-3-4-6-13(12)15(19)21/h3-8,10H,9H2,1-2H3. The zero-order valence-electron chi connectivity index (χ0n) is 12.7. The van der Waals surface area contributed by atoms with Crippen LogP contribution in [0.1, 0.15) is 33.3 Å². The van der Waals surface area contributed by atoms with Gasteiger partial charge in [0.25, 0.3) is 11.8 Å². The molecule has 3 rings (SSSR count). The molecule has 1 aliphatic rings. The number of aromatic nitrogens is 2. The smallest absolute Gasteiger partial charge is 0.329 e. The number of imide groups is 1. The van der Waals surface area contributed by atoms with E-state index in [4.69, 9.17) is 4.84 Å². The van der Waals surface area contributed by atoms with Gasteiger partial charge in [-0.05, 0) is 25.1 Å². The number of carbonyl (C=O) groups excluding carboxylic acids is 3. The molecule has 1 atom stereocenters. The van der Waals surface area contributed by atoms with Gasteiger partial charge >= 0.3 is 5.97 Å². The summed E-state index contributed by atoms with van der Waals surface area (Å²) in [5, 5.41) is 4.71. The number of fused-ring (bicyclic) bond motifs is 1. The molecule has 0 bridgehead atoms. The number of carbonyl (C=O) groups is 3. The van der Waals surface area contributed by atoms with E-state index < -0.39 is 23.7 Å². The fourth-order valence-electron chi connectivity index (χ4n) is 2.35. The quantitative estimate of drug-likeness (QED) is 0.801. The molecule has 1 aliphatic heterocycles. The molecule has 0 radical (unpaired) electrons. The minimum atomic E-state index is -0.660. The number of aryl methyl sites for hydroxylation is 1. The Kier molecular flexibility index (Phi) is 3.69. The third kappa shape index (κ3) is 2.73. The molecule has 118 valence electrons. The average Bonchev–Trinajstić information content (AvgIpc) is 3.04. The van der Waals surface area contributed by atoms with Gasteiger partial charge in [-0.15, -0.1) is 0 Å². The molecule has 0 saturated heterocycles. The average molecular weight is 313 g/mol. The number of hydrogen-bond acceptors (Lipinski definition) is 5. The summed E-state index contributed by atoms with van der Waals surface area (Å²) >= 11 is 0. The lowest BCUT2D eigenvalue weighted by molar-refractivity contribution is -0.173. The summed E-state index contributed by atoms with van der Waals surface area (Å²) in [7, 11) is 0. The summed E-state index contributed by atoms with van der Waals surface area (Å²) in [6, 6.07) is 8.18. The number of hydroxylamine groups is 2. The highest BCUT2D eigenvalue weighted by Gasteiger charge is 2.39. The maximum absolute atomic E-state index is 12.1. The minimum Gasteiger partial charge on any atom is -0.329 e. The van der Waals surface area contributed by atoms with Crippen molar-refractivity contribution < 1.29 is 19.2 Å². The Hall–Kier alpha value is -2.96. The van der Waals surface area contributed by atoms with Crippen molar-refractivity contribution in [3.8, 4) is 0 Å². The predicted octanol–water partition coefficient (Wildman–Crippen LogP) is 1.58. The first-order chi connectivity index (χ1) is 11.0. The van der Waals surface area contributed by atoms with Crippen LogP contribution in [0.2, 0.25) is 0 Å². The molecule has 1 unspecified atom stereocenters. The van der Waals surface area contributed by atoms with E-state index in [1.54, 1.807) is 29.9 Å². The van der Waals surface area contributed by atoms with E-state index in [0.717, 1.165) is 5.69 Å². The van der Waals surface area contributed by atoms with Crippen molar-refractivity contribution in [1.82, 2.24) is 14.8 Å². The predicted molar refractivity (Wildman–Crippen MR) is 79.2 cm³/mol. The van der Waals surface area contributed by atoms with Crippen molar-refractivity contribution in [3.63, 3.8) is 0 Å².